The molecule has 5 heteroatoms. The molecule has 0 saturated carbocycles. The standard InChI is InChI=1S/C16H22N2O3/c1-21-14-5-2-4-12(8-14)15-9-13(19)10-18(15)11-16(20)17-6-3-7-17/h2,4-5,8,13,15,19H,3,6-7,9-11H2,1H3/t13-,15+/m1/s1. The molecule has 21 heavy (non-hydrogen) atoms. The Morgan fingerprint density at radius 2 is 2.24 bits per heavy atom. The second kappa shape index (κ2) is 6.03. The number of hydrogen-bond donors (Lipinski definition) is 1. The van der Waals surface area contributed by atoms with Crippen LogP contribution in [0.3, 0.4) is 0 Å². The molecule has 1 N–H and O–H groups in total. The largest absolute Gasteiger partial charge is 0.497 e. The van der Waals surface area contributed by atoms with Crippen molar-refractivity contribution in [3.63, 3.8) is 0 Å². The smallest absolute Gasteiger partial charge is 0.236 e. The van der Waals surface area contributed by atoms with Crippen LogP contribution >= 0.6 is 0 Å². The molecule has 2 fully saturated rings. The van der Waals surface area contributed by atoms with Gasteiger partial charge in [-0.15, -0.1) is 0 Å². The number of benzene rings is 1. The summed E-state index contributed by atoms with van der Waals surface area (Å²) in [5, 5.41) is 9.98. The summed E-state index contributed by atoms with van der Waals surface area (Å²) < 4.78 is 5.27. The van der Waals surface area contributed by atoms with Crippen LogP contribution in [0.5, 0.6) is 5.75 Å². The maximum Gasteiger partial charge on any atom is 0.236 e. The summed E-state index contributed by atoms with van der Waals surface area (Å²) in [6, 6.07) is 7.97. The van der Waals surface area contributed by atoms with Crippen LogP contribution in [0.1, 0.15) is 24.4 Å². The Labute approximate surface area is 125 Å². The van der Waals surface area contributed by atoms with Crippen LogP contribution in [0.2, 0.25) is 0 Å². The highest BCUT2D eigenvalue weighted by molar-refractivity contribution is 5.79. The summed E-state index contributed by atoms with van der Waals surface area (Å²) in [5.74, 6) is 0.978. The van der Waals surface area contributed by atoms with E-state index in [1.165, 1.54) is 0 Å². The topological polar surface area (TPSA) is 53.0 Å². The Morgan fingerprint density at radius 3 is 2.90 bits per heavy atom. The van der Waals surface area contributed by atoms with E-state index in [-0.39, 0.29) is 18.1 Å². The van der Waals surface area contributed by atoms with E-state index in [4.69, 9.17) is 4.74 Å². The maximum absolute atomic E-state index is 12.2. The van der Waals surface area contributed by atoms with E-state index in [1.807, 2.05) is 29.2 Å². The lowest BCUT2D eigenvalue weighted by atomic mass is 10.0. The molecule has 0 bridgehead atoms. The number of aliphatic hydroxyl groups excluding tert-OH is 1. The van der Waals surface area contributed by atoms with Gasteiger partial charge in [0.25, 0.3) is 0 Å². The molecule has 0 radical (unpaired) electrons. The van der Waals surface area contributed by atoms with Gasteiger partial charge >= 0.3 is 0 Å². The van der Waals surface area contributed by atoms with E-state index in [9.17, 15) is 9.90 Å². The van der Waals surface area contributed by atoms with Crippen molar-refractivity contribution < 1.29 is 14.6 Å². The number of methoxy groups -OCH3 is 1. The number of nitrogens with zero attached hydrogens (tertiary/aromatic N) is 2. The Morgan fingerprint density at radius 1 is 1.43 bits per heavy atom. The summed E-state index contributed by atoms with van der Waals surface area (Å²) >= 11 is 0. The SMILES string of the molecule is COc1cccc([C@@H]2C[C@@H](O)CN2CC(=O)N2CCC2)c1. The van der Waals surface area contributed by atoms with E-state index in [2.05, 4.69) is 4.90 Å². The van der Waals surface area contributed by atoms with Crippen molar-refractivity contribution in [1.29, 1.82) is 0 Å². The first-order valence-corrected chi connectivity index (χ1v) is 7.51. The highest BCUT2D eigenvalue weighted by Gasteiger charge is 2.34. The van der Waals surface area contributed by atoms with Gasteiger partial charge in [0.1, 0.15) is 5.75 Å². The predicted octanol–water partition coefficient (Wildman–Crippen LogP) is 1.04. The van der Waals surface area contributed by atoms with E-state index >= 15 is 0 Å². The van der Waals surface area contributed by atoms with Crippen LogP contribution < -0.4 is 4.74 Å². The number of carbonyl (C=O) groups is 1. The van der Waals surface area contributed by atoms with Gasteiger partial charge < -0.3 is 14.7 Å². The molecule has 1 amide bonds. The monoisotopic (exact) mass is 290 g/mol. The van der Waals surface area contributed by atoms with Gasteiger partial charge in [-0.2, -0.15) is 0 Å². The maximum atomic E-state index is 12.2. The molecule has 5 nitrogen and oxygen atoms in total. The molecule has 0 spiro atoms. The van der Waals surface area contributed by atoms with Crippen molar-refractivity contribution in [2.75, 3.05) is 33.3 Å². The Bertz CT molecular complexity index is 516. The van der Waals surface area contributed by atoms with E-state index < -0.39 is 0 Å². The zero-order chi connectivity index (χ0) is 14.8. The molecule has 2 aliphatic heterocycles. The number of rotatable bonds is 4. The summed E-state index contributed by atoms with van der Waals surface area (Å²) in [4.78, 5) is 16.1. The highest BCUT2D eigenvalue weighted by Crippen LogP contribution is 2.33. The average Bonchev–Trinajstić information content (AvgIpc) is 2.77. The molecule has 2 aliphatic rings. The van der Waals surface area contributed by atoms with Crippen LogP contribution in [0.25, 0.3) is 0 Å². The molecule has 0 aliphatic carbocycles. The van der Waals surface area contributed by atoms with E-state index in [0.717, 1.165) is 30.8 Å². The van der Waals surface area contributed by atoms with Gasteiger partial charge in [0, 0.05) is 25.7 Å². The van der Waals surface area contributed by atoms with Crippen LogP contribution in [-0.4, -0.2) is 60.2 Å². The van der Waals surface area contributed by atoms with E-state index in [1.54, 1.807) is 7.11 Å². The third-order valence-electron chi connectivity index (χ3n) is 4.41. The summed E-state index contributed by atoms with van der Waals surface area (Å²) in [6.07, 6.45) is 1.40. The number of β-amino-alcohol motifs (C(OH)–C–C–N with tert-alkyl or cyclic N) is 1. The second-order valence-electron chi connectivity index (χ2n) is 5.85. The zero-order valence-electron chi connectivity index (χ0n) is 12.4. The van der Waals surface area contributed by atoms with Gasteiger partial charge in [-0.05, 0) is 30.5 Å². The molecule has 0 aromatic heterocycles. The Balaban J connectivity index is 1.73. The van der Waals surface area contributed by atoms with Gasteiger partial charge in [0.2, 0.25) is 5.91 Å². The number of likely N-dealkylation sites (tertiary alicyclic amines) is 2. The number of carbonyl (C=O) groups excluding carboxylic acids is 1. The third kappa shape index (κ3) is 3.04. The number of ether oxygens (including phenoxy) is 1. The quantitative estimate of drug-likeness (QED) is 0.900. The third-order valence-corrected chi connectivity index (χ3v) is 4.41. The lowest BCUT2D eigenvalue weighted by Gasteiger charge is -2.33. The van der Waals surface area contributed by atoms with Gasteiger partial charge in [0.05, 0.1) is 19.8 Å². The van der Waals surface area contributed by atoms with Crippen LogP contribution in [0.15, 0.2) is 24.3 Å². The summed E-state index contributed by atoms with van der Waals surface area (Å²) in [7, 11) is 1.65. The van der Waals surface area contributed by atoms with Crippen molar-refractivity contribution in [3.8, 4) is 5.75 Å². The van der Waals surface area contributed by atoms with Gasteiger partial charge in [-0.25, -0.2) is 0 Å². The fourth-order valence-corrected chi connectivity index (χ4v) is 3.09. The molecular formula is C16H22N2O3. The molecule has 0 unspecified atom stereocenters. The first kappa shape index (κ1) is 14.4. The lowest BCUT2D eigenvalue weighted by Crippen LogP contribution is -2.47. The molecule has 1 aromatic rings. The molecule has 1 aromatic carbocycles. The number of aliphatic hydroxyl groups is 1. The van der Waals surface area contributed by atoms with Crippen LogP contribution in [-0.2, 0) is 4.79 Å². The number of hydrogen-bond acceptors (Lipinski definition) is 4. The van der Waals surface area contributed by atoms with Crippen molar-refractivity contribution in [2.24, 2.45) is 0 Å². The van der Waals surface area contributed by atoms with Crippen molar-refractivity contribution in [2.45, 2.75) is 25.0 Å². The minimum absolute atomic E-state index is 0.0836. The number of amides is 1. The normalized spacial score (nSPS) is 25.7. The van der Waals surface area contributed by atoms with E-state index in [0.29, 0.717) is 19.5 Å². The fraction of sp³-hybridized carbons (Fsp3) is 0.562. The summed E-state index contributed by atoms with van der Waals surface area (Å²) in [6.45, 7) is 2.69. The highest BCUT2D eigenvalue weighted by atomic mass is 16.5. The van der Waals surface area contributed by atoms with Gasteiger partial charge in [0.15, 0.2) is 0 Å². The molecule has 114 valence electrons. The van der Waals surface area contributed by atoms with Crippen molar-refractivity contribution in [1.82, 2.24) is 9.80 Å². The van der Waals surface area contributed by atoms with Crippen molar-refractivity contribution in [3.05, 3.63) is 29.8 Å². The minimum Gasteiger partial charge on any atom is -0.497 e. The predicted molar refractivity (Wildman–Crippen MR) is 79.1 cm³/mol. The van der Waals surface area contributed by atoms with Gasteiger partial charge in [-0.1, -0.05) is 12.1 Å². The van der Waals surface area contributed by atoms with Crippen molar-refractivity contribution >= 4 is 5.91 Å². The first-order chi connectivity index (χ1) is 10.2. The minimum atomic E-state index is -0.370. The zero-order valence-corrected chi connectivity index (χ0v) is 12.4. The molecule has 2 atom stereocenters. The lowest BCUT2D eigenvalue weighted by molar-refractivity contribution is -0.136. The van der Waals surface area contributed by atoms with Crippen LogP contribution in [0.4, 0.5) is 0 Å². The molecule has 2 heterocycles. The van der Waals surface area contributed by atoms with Crippen LogP contribution in [0, 0.1) is 0 Å². The Hall–Kier alpha value is -1.59. The molecule has 3 rings (SSSR count). The summed E-state index contributed by atoms with van der Waals surface area (Å²) in [5.41, 5.74) is 1.10. The fourth-order valence-electron chi connectivity index (χ4n) is 3.09. The average molecular weight is 290 g/mol. The first-order valence-electron chi connectivity index (χ1n) is 7.51. The molecular weight excluding hydrogens is 268 g/mol. The second-order valence-corrected chi connectivity index (χ2v) is 5.85. The Kier molecular flexibility index (Phi) is 4.12. The van der Waals surface area contributed by atoms with Gasteiger partial charge in [-0.3, -0.25) is 9.69 Å². The molecule has 2 saturated heterocycles.